The molecule has 1 aliphatic heterocycles. The van der Waals surface area contributed by atoms with Crippen molar-refractivity contribution in [2.24, 2.45) is 0 Å². The van der Waals surface area contributed by atoms with Crippen LogP contribution >= 0.6 is 11.8 Å². The van der Waals surface area contributed by atoms with Crippen LogP contribution in [0.5, 0.6) is 0 Å². The van der Waals surface area contributed by atoms with Crippen molar-refractivity contribution in [1.82, 2.24) is 19.7 Å². The molecule has 0 radical (unpaired) electrons. The highest BCUT2D eigenvalue weighted by Crippen LogP contribution is 2.37. The Morgan fingerprint density at radius 1 is 1.45 bits per heavy atom. The van der Waals surface area contributed by atoms with E-state index >= 15 is 0 Å². The molecule has 1 atom stereocenters. The van der Waals surface area contributed by atoms with Gasteiger partial charge in [-0.15, -0.1) is 10.2 Å². The number of hydrogen-bond donors (Lipinski definition) is 0. The highest BCUT2D eigenvalue weighted by Gasteiger charge is 2.34. The number of nitrogens with zero attached hydrogens (tertiary/aromatic N) is 4. The number of hydrogen-bond acceptors (Lipinski definition) is 6. The Kier molecular flexibility index (Phi) is 4.44. The van der Waals surface area contributed by atoms with Crippen molar-refractivity contribution in [3.05, 3.63) is 6.33 Å². The maximum Gasteiger partial charge on any atom is 0.233 e. The fourth-order valence-corrected chi connectivity index (χ4v) is 5.41. The Balaban J connectivity index is 1.59. The molecule has 0 spiro atoms. The van der Waals surface area contributed by atoms with E-state index in [4.69, 9.17) is 0 Å². The van der Waals surface area contributed by atoms with Gasteiger partial charge in [0, 0.05) is 18.6 Å². The van der Waals surface area contributed by atoms with Gasteiger partial charge >= 0.3 is 0 Å². The first-order valence-corrected chi connectivity index (χ1v) is 10.3. The topological polar surface area (TPSA) is 85.2 Å². The minimum atomic E-state index is -2.98. The van der Waals surface area contributed by atoms with Crippen molar-refractivity contribution >= 4 is 27.5 Å². The lowest BCUT2D eigenvalue weighted by Crippen LogP contribution is -2.42. The molecule has 7 nitrogen and oxygen atoms in total. The Morgan fingerprint density at radius 3 is 2.82 bits per heavy atom. The Hall–Kier alpha value is -1.09. The van der Waals surface area contributed by atoms with Crippen LogP contribution in [0, 0.1) is 0 Å². The second kappa shape index (κ2) is 6.19. The van der Waals surface area contributed by atoms with Crippen LogP contribution in [0.1, 0.15) is 32.2 Å². The molecule has 0 unspecified atom stereocenters. The molecular weight excluding hydrogens is 324 g/mol. The number of carbonyl (C=O) groups is 1. The summed E-state index contributed by atoms with van der Waals surface area (Å²) in [6.45, 7) is 2.43. The molecule has 0 bridgehead atoms. The van der Waals surface area contributed by atoms with Crippen molar-refractivity contribution in [1.29, 1.82) is 0 Å². The average Bonchev–Trinajstić information content (AvgIpc) is 3.10. The van der Waals surface area contributed by atoms with Crippen LogP contribution in [0.25, 0.3) is 0 Å². The lowest BCUT2D eigenvalue weighted by atomic mass is 10.2. The van der Waals surface area contributed by atoms with Gasteiger partial charge in [-0.25, -0.2) is 8.42 Å². The van der Waals surface area contributed by atoms with E-state index < -0.39 is 9.84 Å². The van der Waals surface area contributed by atoms with Crippen LogP contribution in [0.2, 0.25) is 0 Å². The first kappa shape index (κ1) is 15.8. The summed E-state index contributed by atoms with van der Waals surface area (Å²) in [5.74, 6) is 0.524. The van der Waals surface area contributed by atoms with Crippen LogP contribution in [0.15, 0.2) is 11.5 Å². The molecule has 0 aromatic carbocycles. The molecule has 1 aromatic rings. The van der Waals surface area contributed by atoms with Gasteiger partial charge in [-0.2, -0.15) is 0 Å². The van der Waals surface area contributed by atoms with Gasteiger partial charge in [-0.1, -0.05) is 11.8 Å². The fraction of sp³-hybridized carbons (Fsp3) is 0.769. The molecule has 1 aromatic heterocycles. The van der Waals surface area contributed by atoms with Crippen LogP contribution in [-0.2, 0) is 14.6 Å². The molecule has 9 heteroatoms. The standard InChI is InChI=1S/C13H20N4O3S2/c1-2-16(11-5-6-22(19,20)8-11)12(18)7-21-13-15-14-9-17(13)10-3-4-10/h9-11H,2-8H2,1H3/t11-/m0/s1. The van der Waals surface area contributed by atoms with Gasteiger partial charge in [0.1, 0.15) is 6.33 Å². The summed E-state index contributed by atoms with van der Waals surface area (Å²) in [6.07, 6.45) is 4.54. The molecule has 2 heterocycles. The third-order valence-electron chi connectivity index (χ3n) is 4.12. The molecular formula is C13H20N4O3S2. The normalized spacial score (nSPS) is 23.6. The van der Waals surface area contributed by atoms with Crippen molar-refractivity contribution in [2.75, 3.05) is 23.8 Å². The van der Waals surface area contributed by atoms with Crippen molar-refractivity contribution < 1.29 is 13.2 Å². The quantitative estimate of drug-likeness (QED) is 0.708. The fourth-order valence-electron chi connectivity index (χ4n) is 2.81. The Labute approximate surface area is 134 Å². The van der Waals surface area contributed by atoms with Crippen molar-refractivity contribution in [3.8, 4) is 0 Å². The Morgan fingerprint density at radius 2 is 2.23 bits per heavy atom. The number of aromatic nitrogens is 3. The molecule has 1 amide bonds. The Bertz CT molecular complexity index is 654. The largest absolute Gasteiger partial charge is 0.338 e. The summed E-state index contributed by atoms with van der Waals surface area (Å²) >= 11 is 1.38. The molecule has 2 aliphatic rings. The van der Waals surface area contributed by atoms with Gasteiger partial charge in [0.05, 0.1) is 17.3 Å². The summed E-state index contributed by atoms with van der Waals surface area (Å²) in [5, 5.41) is 8.74. The number of thioether (sulfide) groups is 1. The van der Waals surface area contributed by atoms with Crippen molar-refractivity contribution in [3.63, 3.8) is 0 Å². The number of rotatable bonds is 6. The van der Waals surface area contributed by atoms with E-state index in [1.807, 2.05) is 11.5 Å². The third-order valence-corrected chi connectivity index (χ3v) is 6.81. The summed E-state index contributed by atoms with van der Waals surface area (Å²) in [6, 6.07) is 0.305. The van der Waals surface area contributed by atoms with Crippen LogP contribution in [0.3, 0.4) is 0 Å². The smallest absolute Gasteiger partial charge is 0.233 e. The SMILES string of the molecule is CCN(C(=O)CSc1nncn1C1CC1)[C@H]1CCS(=O)(=O)C1. The second-order valence-corrected chi connectivity index (χ2v) is 8.95. The van der Waals surface area contributed by atoms with Gasteiger partial charge in [0.15, 0.2) is 15.0 Å². The van der Waals surface area contributed by atoms with Gasteiger partial charge < -0.3 is 9.47 Å². The third kappa shape index (κ3) is 3.45. The van der Waals surface area contributed by atoms with Gasteiger partial charge in [-0.05, 0) is 26.2 Å². The van der Waals surface area contributed by atoms with E-state index in [2.05, 4.69) is 10.2 Å². The van der Waals surface area contributed by atoms with Crippen LogP contribution in [0.4, 0.5) is 0 Å². The number of amides is 1. The summed E-state index contributed by atoms with van der Waals surface area (Å²) in [7, 11) is -2.98. The second-order valence-electron chi connectivity index (χ2n) is 5.78. The van der Waals surface area contributed by atoms with E-state index in [1.165, 1.54) is 11.8 Å². The molecule has 122 valence electrons. The van der Waals surface area contributed by atoms with Crippen molar-refractivity contribution in [2.45, 2.75) is 43.4 Å². The molecule has 22 heavy (non-hydrogen) atoms. The molecule has 1 saturated heterocycles. The summed E-state index contributed by atoms with van der Waals surface area (Å²) < 4.78 is 25.2. The molecule has 3 rings (SSSR count). The predicted molar refractivity (Wildman–Crippen MR) is 83.5 cm³/mol. The number of sulfone groups is 1. The lowest BCUT2D eigenvalue weighted by Gasteiger charge is -2.26. The van der Waals surface area contributed by atoms with E-state index in [0.717, 1.165) is 18.0 Å². The zero-order valence-electron chi connectivity index (χ0n) is 12.5. The molecule has 1 aliphatic carbocycles. The van der Waals surface area contributed by atoms with Crippen LogP contribution in [-0.4, -0.2) is 63.8 Å². The summed E-state index contributed by atoms with van der Waals surface area (Å²) in [4.78, 5) is 14.1. The molecule has 0 N–H and O–H groups in total. The molecule has 1 saturated carbocycles. The maximum absolute atomic E-state index is 12.4. The predicted octanol–water partition coefficient (Wildman–Crippen LogP) is 0.741. The van der Waals surface area contributed by atoms with Gasteiger partial charge in [0.2, 0.25) is 5.91 Å². The first-order valence-electron chi connectivity index (χ1n) is 7.52. The van der Waals surface area contributed by atoms with E-state index in [-0.39, 0.29) is 29.2 Å². The van der Waals surface area contributed by atoms with E-state index in [1.54, 1.807) is 11.2 Å². The average molecular weight is 344 g/mol. The zero-order chi connectivity index (χ0) is 15.7. The van der Waals surface area contributed by atoms with Gasteiger partial charge in [-0.3, -0.25) is 4.79 Å². The monoisotopic (exact) mass is 344 g/mol. The zero-order valence-corrected chi connectivity index (χ0v) is 14.1. The molecule has 2 fully saturated rings. The minimum Gasteiger partial charge on any atom is -0.338 e. The first-order chi connectivity index (χ1) is 10.5. The van der Waals surface area contributed by atoms with E-state index in [0.29, 0.717) is 19.0 Å². The number of carbonyl (C=O) groups excluding carboxylic acids is 1. The highest BCUT2D eigenvalue weighted by atomic mass is 32.2. The van der Waals surface area contributed by atoms with Crippen LogP contribution < -0.4 is 0 Å². The van der Waals surface area contributed by atoms with Gasteiger partial charge in [0.25, 0.3) is 0 Å². The lowest BCUT2D eigenvalue weighted by molar-refractivity contribution is -0.129. The van der Waals surface area contributed by atoms with E-state index in [9.17, 15) is 13.2 Å². The summed E-state index contributed by atoms with van der Waals surface area (Å²) in [5.41, 5.74) is 0. The maximum atomic E-state index is 12.4. The minimum absolute atomic E-state index is 0.0278. The highest BCUT2D eigenvalue weighted by molar-refractivity contribution is 7.99.